The number of fused-ring (bicyclic) bond motifs is 1. The first kappa shape index (κ1) is 27.7. The number of carbonyl (C=O) groups excluding carboxylic acids is 1. The molecule has 0 aliphatic carbocycles. The van der Waals surface area contributed by atoms with Gasteiger partial charge in [0.05, 0.1) is 23.8 Å². The molecule has 0 saturated carbocycles. The van der Waals surface area contributed by atoms with Gasteiger partial charge >= 0.3 is 0 Å². The number of furan rings is 1. The lowest BCUT2D eigenvalue weighted by molar-refractivity contribution is 0.0782. The van der Waals surface area contributed by atoms with Crippen LogP contribution >= 0.6 is 0 Å². The molecule has 6 rings (SSSR count). The van der Waals surface area contributed by atoms with Gasteiger partial charge in [-0.15, -0.1) is 0 Å². The fourth-order valence-corrected chi connectivity index (χ4v) is 5.92. The van der Waals surface area contributed by atoms with Crippen LogP contribution in [0.5, 0.6) is 0 Å². The molecule has 1 unspecified atom stereocenters. The number of aromatic nitrogens is 3. The molecule has 8 nitrogen and oxygen atoms in total. The second-order valence-corrected chi connectivity index (χ2v) is 11.0. The summed E-state index contributed by atoms with van der Waals surface area (Å²) in [6.07, 6.45) is 5.57. The molecule has 4 heterocycles. The number of amides is 1. The second-order valence-electron chi connectivity index (χ2n) is 11.0. The van der Waals surface area contributed by atoms with E-state index in [2.05, 4.69) is 43.6 Å². The molecule has 0 N–H and O–H groups in total. The second kappa shape index (κ2) is 13.0. The van der Waals surface area contributed by atoms with E-state index in [0.29, 0.717) is 18.7 Å². The number of imidazole rings is 1. The third kappa shape index (κ3) is 6.39. The van der Waals surface area contributed by atoms with Crippen molar-refractivity contribution < 1.29 is 9.21 Å². The highest BCUT2D eigenvalue weighted by Gasteiger charge is 2.24. The average Bonchev–Trinajstić information content (AvgIpc) is 3.62. The smallest absolute Gasteiger partial charge is 0.253 e. The van der Waals surface area contributed by atoms with Crippen LogP contribution in [0.3, 0.4) is 0 Å². The quantitative estimate of drug-likeness (QED) is 0.223. The molecular formula is C34H38N6O2. The van der Waals surface area contributed by atoms with Crippen molar-refractivity contribution >= 4 is 22.9 Å². The maximum Gasteiger partial charge on any atom is 0.253 e. The fraction of sp³-hybridized carbons (Fsp3) is 0.324. The summed E-state index contributed by atoms with van der Waals surface area (Å²) >= 11 is 0. The number of para-hydroxylation sites is 2. The van der Waals surface area contributed by atoms with E-state index in [1.807, 2.05) is 78.8 Å². The van der Waals surface area contributed by atoms with Gasteiger partial charge in [0.2, 0.25) is 5.95 Å². The predicted octanol–water partition coefficient (Wildman–Crippen LogP) is 5.53. The Balaban J connectivity index is 1.13. The Labute approximate surface area is 247 Å². The molecule has 1 aliphatic heterocycles. The number of hydrogen-bond donors (Lipinski definition) is 0. The van der Waals surface area contributed by atoms with Crippen molar-refractivity contribution in [2.45, 2.75) is 25.3 Å². The molecular weight excluding hydrogens is 524 g/mol. The normalized spacial score (nSPS) is 15.0. The molecule has 3 aromatic heterocycles. The van der Waals surface area contributed by atoms with Crippen LogP contribution < -0.4 is 4.90 Å². The van der Waals surface area contributed by atoms with Gasteiger partial charge in [-0.1, -0.05) is 36.4 Å². The topological polar surface area (TPSA) is 70.6 Å². The van der Waals surface area contributed by atoms with Gasteiger partial charge in [0.25, 0.3) is 5.91 Å². The Morgan fingerprint density at radius 3 is 2.57 bits per heavy atom. The lowest BCUT2D eigenvalue weighted by Crippen LogP contribution is -2.35. The number of likely N-dealkylation sites (N-methyl/N-ethyl adjacent to an activating group) is 1. The van der Waals surface area contributed by atoms with E-state index in [-0.39, 0.29) is 11.8 Å². The van der Waals surface area contributed by atoms with Crippen LogP contribution in [0.1, 0.15) is 40.6 Å². The van der Waals surface area contributed by atoms with Gasteiger partial charge in [0.15, 0.2) is 0 Å². The monoisotopic (exact) mass is 562 g/mol. The summed E-state index contributed by atoms with van der Waals surface area (Å²) in [6, 6.07) is 27.9. The van der Waals surface area contributed by atoms with Crippen molar-refractivity contribution in [3.8, 4) is 0 Å². The summed E-state index contributed by atoms with van der Waals surface area (Å²) in [5.41, 5.74) is 3.88. The van der Waals surface area contributed by atoms with E-state index < -0.39 is 0 Å². The number of benzene rings is 2. The van der Waals surface area contributed by atoms with Crippen LogP contribution in [0.25, 0.3) is 11.0 Å². The molecule has 1 amide bonds. The first-order valence-corrected chi connectivity index (χ1v) is 14.8. The molecule has 1 atom stereocenters. The summed E-state index contributed by atoms with van der Waals surface area (Å²) in [5, 5.41) is 0. The molecule has 0 bridgehead atoms. The molecule has 1 aliphatic rings. The standard InChI is InChI=1S/C34H38N6O2/c1-37(33(41)27-11-3-2-4-12-27)25-28(30-14-7-8-18-35-30)17-21-38-19-10-20-39(23-22-38)34-36-31-15-5-6-16-32(31)40(34)26-29-13-9-24-42-29/h2-9,11-16,18,24,28H,10,17,19-23,25-26H2,1H3. The fourth-order valence-electron chi connectivity index (χ4n) is 5.92. The van der Waals surface area contributed by atoms with Gasteiger partial charge in [0.1, 0.15) is 5.76 Å². The van der Waals surface area contributed by atoms with Crippen molar-refractivity contribution in [3.05, 3.63) is 114 Å². The van der Waals surface area contributed by atoms with Gasteiger partial charge < -0.3 is 23.7 Å². The van der Waals surface area contributed by atoms with Crippen LogP contribution in [-0.2, 0) is 6.54 Å². The number of nitrogens with zero attached hydrogens (tertiary/aromatic N) is 6. The average molecular weight is 563 g/mol. The lowest BCUT2D eigenvalue weighted by Gasteiger charge is -2.27. The minimum absolute atomic E-state index is 0.0411. The van der Waals surface area contributed by atoms with Gasteiger partial charge in [-0.05, 0) is 74.5 Å². The summed E-state index contributed by atoms with van der Waals surface area (Å²) in [7, 11) is 1.89. The summed E-state index contributed by atoms with van der Waals surface area (Å²) < 4.78 is 7.97. The van der Waals surface area contributed by atoms with E-state index in [4.69, 9.17) is 9.40 Å². The minimum atomic E-state index is 0.0411. The van der Waals surface area contributed by atoms with Crippen LogP contribution in [0.2, 0.25) is 0 Å². The summed E-state index contributed by atoms with van der Waals surface area (Å²) in [5.74, 6) is 2.12. The van der Waals surface area contributed by atoms with Gasteiger partial charge in [-0.25, -0.2) is 4.98 Å². The van der Waals surface area contributed by atoms with Gasteiger partial charge in [0, 0.05) is 56.6 Å². The highest BCUT2D eigenvalue weighted by molar-refractivity contribution is 5.94. The molecule has 8 heteroatoms. The van der Waals surface area contributed by atoms with E-state index in [1.54, 1.807) is 6.26 Å². The number of rotatable bonds is 10. The van der Waals surface area contributed by atoms with E-state index >= 15 is 0 Å². The van der Waals surface area contributed by atoms with Crippen molar-refractivity contribution in [2.75, 3.05) is 51.2 Å². The van der Waals surface area contributed by atoms with Gasteiger partial charge in [-0.3, -0.25) is 9.78 Å². The molecule has 216 valence electrons. The Bertz CT molecular complexity index is 1570. The third-order valence-electron chi connectivity index (χ3n) is 8.16. The zero-order valence-electron chi connectivity index (χ0n) is 24.2. The predicted molar refractivity (Wildman–Crippen MR) is 166 cm³/mol. The lowest BCUT2D eigenvalue weighted by atomic mass is 9.99. The number of anilines is 1. The Morgan fingerprint density at radius 1 is 0.929 bits per heavy atom. The van der Waals surface area contributed by atoms with E-state index in [0.717, 1.165) is 74.0 Å². The number of pyridine rings is 1. The minimum Gasteiger partial charge on any atom is -0.467 e. The molecule has 2 aromatic carbocycles. The van der Waals surface area contributed by atoms with E-state index in [1.165, 1.54) is 0 Å². The van der Waals surface area contributed by atoms with Crippen LogP contribution in [0.4, 0.5) is 5.95 Å². The maximum absolute atomic E-state index is 13.1. The van der Waals surface area contributed by atoms with Crippen molar-refractivity contribution in [1.82, 2.24) is 24.3 Å². The van der Waals surface area contributed by atoms with Gasteiger partial charge in [-0.2, -0.15) is 0 Å². The third-order valence-corrected chi connectivity index (χ3v) is 8.16. The molecule has 1 fully saturated rings. The number of carbonyl (C=O) groups is 1. The zero-order chi connectivity index (χ0) is 28.7. The first-order chi connectivity index (χ1) is 20.7. The zero-order valence-corrected chi connectivity index (χ0v) is 24.2. The number of hydrogen-bond acceptors (Lipinski definition) is 6. The largest absolute Gasteiger partial charge is 0.467 e. The van der Waals surface area contributed by atoms with Crippen molar-refractivity contribution in [3.63, 3.8) is 0 Å². The van der Waals surface area contributed by atoms with Crippen LogP contribution in [0.15, 0.2) is 102 Å². The van der Waals surface area contributed by atoms with Crippen LogP contribution in [-0.4, -0.2) is 76.6 Å². The summed E-state index contributed by atoms with van der Waals surface area (Å²) in [4.78, 5) is 29.6. The van der Waals surface area contributed by atoms with Crippen molar-refractivity contribution in [2.24, 2.45) is 0 Å². The first-order valence-electron chi connectivity index (χ1n) is 14.8. The Kier molecular flexibility index (Phi) is 8.61. The highest BCUT2D eigenvalue weighted by atomic mass is 16.3. The van der Waals surface area contributed by atoms with Crippen molar-refractivity contribution in [1.29, 1.82) is 0 Å². The molecule has 42 heavy (non-hydrogen) atoms. The Morgan fingerprint density at radius 2 is 1.76 bits per heavy atom. The molecule has 0 radical (unpaired) electrons. The summed E-state index contributed by atoms with van der Waals surface area (Å²) in [6.45, 7) is 6.08. The molecule has 0 spiro atoms. The maximum atomic E-state index is 13.1. The SMILES string of the molecule is CN(CC(CCN1CCCN(c2nc3ccccc3n2Cc2ccco2)CC1)c1ccccn1)C(=O)c1ccccc1. The highest BCUT2D eigenvalue weighted by Crippen LogP contribution is 2.26. The van der Waals surface area contributed by atoms with E-state index in [9.17, 15) is 4.79 Å². The molecule has 5 aromatic rings. The molecule has 1 saturated heterocycles. The Hall–Kier alpha value is -4.43. The van der Waals surface area contributed by atoms with Crippen LogP contribution in [0, 0.1) is 0 Å².